The summed E-state index contributed by atoms with van der Waals surface area (Å²) in [5.41, 5.74) is 1.03. The van der Waals surface area contributed by atoms with E-state index in [4.69, 9.17) is 16.6 Å². The third kappa shape index (κ3) is 2.00. The molecular formula is C9H11N3OS2. The summed E-state index contributed by atoms with van der Waals surface area (Å²) in [6, 6.07) is 0. The number of aromatic amines is 1. The van der Waals surface area contributed by atoms with Gasteiger partial charge in [0, 0.05) is 0 Å². The molecule has 0 radical (unpaired) electrons. The van der Waals surface area contributed by atoms with Crippen LogP contribution in [0.1, 0.15) is 24.5 Å². The number of H-pyrrole nitrogens is 1. The van der Waals surface area contributed by atoms with Crippen LogP contribution < -0.4 is 0 Å². The second kappa shape index (κ2) is 4.24. The smallest absolute Gasteiger partial charge is 0.284 e. The third-order valence-corrected chi connectivity index (χ3v) is 3.42. The standard InChI is InChI=1S/C9H11N3OS2/c1-3-5-7(15-6(4-2)10-5)8-11-12-9(14)13-8/h3-4H2,1-2H3,(H,12,14). The van der Waals surface area contributed by atoms with Crippen LogP contribution >= 0.6 is 23.6 Å². The predicted molar refractivity (Wildman–Crippen MR) is 61.6 cm³/mol. The summed E-state index contributed by atoms with van der Waals surface area (Å²) in [5, 5.41) is 7.74. The first-order chi connectivity index (χ1) is 7.24. The van der Waals surface area contributed by atoms with Crippen LogP contribution in [0.5, 0.6) is 0 Å². The lowest BCUT2D eigenvalue weighted by atomic mass is 10.3. The van der Waals surface area contributed by atoms with Gasteiger partial charge in [-0.3, -0.25) is 0 Å². The SMILES string of the molecule is CCc1nc(CC)c(-c2n[nH]c(=S)o2)s1. The molecule has 2 heterocycles. The molecule has 0 aromatic carbocycles. The van der Waals surface area contributed by atoms with Crippen molar-refractivity contribution in [3.05, 3.63) is 15.5 Å². The van der Waals surface area contributed by atoms with E-state index in [1.165, 1.54) is 0 Å². The number of hydrogen-bond acceptors (Lipinski definition) is 5. The van der Waals surface area contributed by atoms with E-state index in [-0.39, 0.29) is 0 Å². The van der Waals surface area contributed by atoms with E-state index >= 15 is 0 Å². The average molecular weight is 241 g/mol. The molecule has 0 aliphatic carbocycles. The maximum atomic E-state index is 5.29. The molecule has 0 unspecified atom stereocenters. The molecule has 0 fully saturated rings. The molecule has 0 aliphatic heterocycles. The van der Waals surface area contributed by atoms with Crippen LogP contribution in [0, 0.1) is 4.84 Å². The summed E-state index contributed by atoms with van der Waals surface area (Å²) in [7, 11) is 0. The van der Waals surface area contributed by atoms with Crippen molar-refractivity contribution in [3.63, 3.8) is 0 Å². The van der Waals surface area contributed by atoms with Gasteiger partial charge in [0.15, 0.2) is 0 Å². The number of nitrogens with one attached hydrogen (secondary N) is 1. The molecule has 0 saturated heterocycles. The first-order valence-electron chi connectivity index (χ1n) is 4.79. The summed E-state index contributed by atoms with van der Waals surface area (Å²) in [4.78, 5) is 5.80. The van der Waals surface area contributed by atoms with Crippen LogP contribution in [0.3, 0.4) is 0 Å². The minimum absolute atomic E-state index is 0.304. The first-order valence-corrected chi connectivity index (χ1v) is 6.01. The van der Waals surface area contributed by atoms with E-state index in [1.807, 2.05) is 0 Å². The number of hydrogen-bond donors (Lipinski definition) is 1. The van der Waals surface area contributed by atoms with Gasteiger partial charge in [-0.1, -0.05) is 13.8 Å². The number of nitrogens with zero attached hydrogens (tertiary/aromatic N) is 2. The molecular weight excluding hydrogens is 230 g/mol. The molecule has 80 valence electrons. The van der Waals surface area contributed by atoms with Gasteiger partial charge in [-0.15, -0.1) is 16.4 Å². The van der Waals surface area contributed by atoms with Gasteiger partial charge >= 0.3 is 0 Å². The van der Waals surface area contributed by atoms with Gasteiger partial charge < -0.3 is 4.42 Å². The number of aromatic nitrogens is 3. The lowest BCUT2D eigenvalue weighted by Crippen LogP contribution is -1.85. The molecule has 4 nitrogen and oxygen atoms in total. The van der Waals surface area contributed by atoms with Gasteiger partial charge in [-0.05, 0) is 25.1 Å². The maximum Gasteiger partial charge on any atom is 0.284 e. The van der Waals surface area contributed by atoms with Gasteiger partial charge in [0.05, 0.1) is 10.7 Å². The van der Waals surface area contributed by atoms with Crippen LogP contribution in [0.2, 0.25) is 0 Å². The molecule has 0 amide bonds. The van der Waals surface area contributed by atoms with E-state index in [9.17, 15) is 0 Å². The van der Waals surface area contributed by atoms with E-state index in [0.29, 0.717) is 10.7 Å². The fraction of sp³-hybridized carbons (Fsp3) is 0.444. The lowest BCUT2D eigenvalue weighted by molar-refractivity contribution is 0.552. The van der Waals surface area contributed by atoms with Crippen LogP contribution in [0.4, 0.5) is 0 Å². The first kappa shape index (κ1) is 10.5. The van der Waals surface area contributed by atoms with Crippen molar-refractivity contribution in [2.45, 2.75) is 26.7 Å². The van der Waals surface area contributed by atoms with Crippen LogP contribution in [-0.4, -0.2) is 15.2 Å². The molecule has 0 aliphatic rings. The highest BCUT2D eigenvalue weighted by Gasteiger charge is 2.14. The molecule has 0 spiro atoms. The molecule has 0 saturated carbocycles. The van der Waals surface area contributed by atoms with E-state index in [2.05, 4.69) is 29.0 Å². The normalized spacial score (nSPS) is 10.8. The van der Waals surface area contributed by atoms with Crippen molar-refractivity contribution in [1.29, 1.82) is 0 Å². The van der Waals surface area contributed by atoms with Gasteiger partial charge in [-0.2, -0.15) is 0 Å². The third-order valence-electron chi connectivity index (χ3n) is 2.01. The summed E-state index contributed by atoms with van der Waals surface area (Å²) in [5.74, 6) is 0.550. The lowest BCUT2D eigenvalue weighted by Gasteiger charge is -1.90. The maximum absolute atomic E-state index is 5.29. The highest BCUT2D eigenvalue weighted by atomic mass is 32.1. The number of aryl methyl sites for hydroxylation is 2. The minimum Gasteiger partial charge on any atom is -0.408 e. The quantitative estimate of drug-likeness (QED) is 0.839. The van der Waals surface area contributed by atoms with Crippen LogP contribution in [0.15, 0.2) is 4.42 Å². The number of rotatable bonds is 3. The predicted octanol–water partition coefficient (Wildman–Crippen LogP) is 2.98. The molecule has 2 rings (SSSR count). The van der Waals surface area contributed by atoms with Gasteiger partial charge in [-0.25, -0.2) is 10.1 Å². The summed E-state index contributed by atoms with van der Waals surface area (Å²) >= 11 is 6.46. The van der Waals surface area contributed by atoms with Crippen LogP contribution in [-0.2, 0) is 12.8 Å². The Labute approximate surface area is 96.4 Å². The minimum atomic E-state index is 0.304. The van der Waals surface area contributed by atoms with Crippen molar-refractivity contribution in [1.82, 2.24) is 15.2 Å². The Hall–Kier alpha value is -1.01. The average Bonchev–Trinajstić information content (AvgIpc) is 2.82. The topological polar surface area (TPSA) is 54.7 Å². The molecule has 2 aromatic heterocycles. The Morgan fingerprint density at radius 2 is 2.20 bits per heavy atom. The van der Waals surface area contributed by atoms with Gasteiger partial charge in [0.2, 0.25) is 0 Å². The second-order valence-corrected chi connectivity index (χ2v) is 4.46. The van der Waals surface area contributed by atoms with Crippen molar-refractivity contribution in [2.75, 3.05) is 0 Å². The molecule has 6 heteroatoms. The van der Waals surface area contributed by atoms with Crippen molar-refractivity contribution < 1.29 is 4.42 Å². The highest BCUT2D eigenvalue weighted by molar-refractivity contribution is 7.71. The van der Waals surface area contributed by atoms with Crippen molar-refractivity contribution in [2.24, 2.45) is 0 Å². The summed E-state index contributed by atoms with van der Waals surface area (Å²) < 4.78 is 5.29. The van der Waals surface area contributed by atoms with E-state index < -0.39 is 0 Å². The van der Waals surface area contributed by atoms with E-state index in [1.54, 1.807) is 11.3 Å². The van der Waals surface area contributed by atoms with Crippen molar-refractivity contribution in [3.8, 4) is 10.8 Å². The molecule has 1 N–H and O–H groups in total. The summed E-state index contributed by atoms with van der Waals surface area (Å²) in [6.45, 7) is 4.15. The van der Waals surface area contributed by atoms with Gasteiger partial charge in [0.25, 0.3) is 10.7 Å². The zero-order valence-electron chi connectivity index (χ0n) is 8.53. The second-order valence-electron chi connectivity index (χ2n) is 3.01. The number of thiazole rings is 1. The Kier molecular flexibility index (Phi) is 2.97. The Morgan fingerprint density at radius 1 is 1.40 bits per heavy atom. The molecule has 0 bridgehead atoms. The zero-order chi connectivity index (χ0) is 10.8. The van der Waals surface area contributed by atoms with Crippen LogP contribution in [0.25, 0.3) is 10.8 Å². The fourth-order valence-electron chi connectivity index (χ4n) is 1.29. The highest BCUT2D eigenvalue weighted by Crippen LogP contribution is 2.29. The fourth-order valence-corrected chi connectivity index (χ4v) is 2.43. The Morgan fingerprint density at radius 3 is 2.73 bits per heavy atom. The zero-order valence-corrected chi connectivity index (χ0v) is 10.2. The van der Waals surface area contributed by atoms with E-state index in [0.717, 1.165) is 28.4 Å². The van der Waals surface area contributed by atoms with Gasteiger partial charge in [0.1, 0.15) is 4.88 Å². The monoisotopic (exact) mass is 241 g/mol. The molecule has 0 atom stereocenters. The largest absolute Gasteiger partial charge is 0.408 e. The van der Waals surface area contributed by atoms with Crippen molar-refractivity contribution >= 4 is 23.6 Å². The molecule has 2 aromatic rings. The summed E-state index contributed by atoms with van der Waals surface area (Å²) in [6.07, 6.45) is 1.81. The Bertz CT molecular complexity index is 511. The molecule has 15 heavy (non-hydrogen) atoms. The Balaban J connectivity index is 2.51.